The Hall–Kier alpha value is -2.34. The van der Waals surface area contributed by atoms with Gasteiger partial charge in [0.1, 0.15) is 5.75 Å². The zero-order chi connectivity index (χ0) is 19.4. The third-order valence-corrected chi connectivity index (χ3v) is 4.85. The minimum atomic E-state index is -0.564. The Labute approximate surface area is 161 Å². The molecule has 1 aromatic heterocycles. The zero-order valence-electron chi connectivity index (χ0n) is 16.7. The van der Waals surface area contributed by atoms with E-state index < -0.39 is 6.10 Å². The lowest BCUT2D eigenvalue weighted by Gasteiger charge is -2.19. The molecule has 3 rings (SSSR count). The molecule has 1 aliphatic heterocycles. The number of fused-ring (bicyclic) bond motifs is 1. The number of hydrogen-bond donors (Lipinski definition) is 2. The van der Waals surface area contributed by atoms with Gasteiger partial charge in [-0.2, -0.15) is 5.10 Å². The van der Waals surface area contributed by atoms with Gasteiger partial charge in [0.05, 0.1) is 17.9 Å². The second kappa shape index (κ2) is 8.57. The van der Waals surface area contributed by atoms with Crippen molar-refractivity contribution in [3.8, 4) is 5.75 Å². The predicted molar refractivity (Wildman–Crippen MR) is 106 cm³/mol. The maximum Gasteiger partial charge on any atom is 0.261 e. The third kappa shape index (κ3) is 4.89. The monoisotopic (exact) mass is 370 g/mol. The summed E-state index contributed by atoms with van der Waals surface area (Å²) in [7, 11) is 0. The predicted octanol–water partition coefficient (Wildman–Crippen LogP) is 2.89. The third-order valence-electron chi connectivity index (χ3n) is 4.85. The molecule has 6 heteroatoms. The lowest BCUT2D eigenvalue weighted by Crippen LogP contribution is -2.36. The summed E-state index contributed by atoms with van der Waals surface area (Å²) in [5.41, 5.74) is 4.29. The second-order valence-electron chi connectivity index (χ2n) is 7.55. The van der Waals surface area contributed by atoms with Crippen LogP contribution in [0.4, 0.5) is 0 Å². The number of benzene rings is 1. The fourth-order valence-electron chi connectivity index (χ4n) is 3.29. The molecule has 0 radical (unpaired) electrons. The summed E-state index contributed by atoms with van der Waals surface area (Å²) in [5, 5.41) is 10.9. The van der Waals surface area contributed by atoms with Gasteiger partial charge in [-0.25, -0.2) is 0 Å². The van der Waals surface area contributed by atoms with Crippen LogP contribution in [0.25, 0.3) is 0 Å². The summed E-state index contributed by atoms with van der Waals surface area (Å²) < 4.78 is 8.02. The minimum absolute atomic E-state index is 0.132. The molecule has 0 unspecified atom stereocenters. The van der Waals surface area contributed by atoms with Gasteiger partial charge in [0.15, 0.2) is 6.10 Å². The standard InChI is InChI=1S/C21H30N4O2/c1-14(2)19-7-6-15(3)10-20(19)27-16(4)21(26)23-12-17-11-18-13-22-8-5-9-25(18)24-17/h6-7,10-11,14,16,22H,5,8-9,12-13H2,1-4H3,(H,23,26)/t16-/m1/s1. The molecule has 2 N–H and O–H groups in total. The highest BCUT2D eigenvalue weighted by molar-refractivity contribution is 5.80. The Morgan fingerprint density at radius 1 is 1.33 bits per heavy atom. The second-order valence-corrected chi connectivity index (χ2v) is 7.55. The molecule has 2 heterocycles. The van der Waals surface area contributed by atoms with E-state index in [0.717, 1.165) is 48.6 Å². The lowest BCUT2D eigenvalue weighted by molar-refractivity contribution is -0.127. The van der Waals surface area contributed by atoms with Crippen LogP contribution in [0.5, 0.6) is 5.75 Å². The smallest absolute Gasteiger partial charge is 0.261 e. The number of nitrogens with zero attached hydrogens (tertiary/aromatic N) is 2. The number of hydrogen-bond acceptors (Lipinski definition) is 4. The number of amides is 1. The van der Waals surface area contributed by atoms with Crippen molar-refractivity contribution in [1.82, 2.24) is 20.4 Å². The van der Waals surface area contributed by atoms with Crippen LogP contribution in [0, 0.1) is 6.92 Å². The summed E-state index contributed by atoms with van der Waals surface area (Å²) in [6.45, 7) is 11.2. The van der Waals surface area contributed by atoms with Gasteiger partial charge in [-0.05, 0) is 56.0 Å². The normalized spacial score (nSPS) is 15.1. The van der Waals surface area contributed by atoms with E-state index in [1.165, 1.54) is 5.69 Å². The van der Waals surface area contributed by atoms with Crippen molar-refractivity contribution in [1.29, 1.82) is 0 Å². The number of rotatable bonds is 6. The number of aryl methyl sites for hydroxylation is 2. The molecule has 0 aliphatic carbocycles. The first-order chi connectivity index (χ1) is 12.9. The molecule has 1 aromatic carbocycles. The van der Waals surface area contributed by atoms with Gasteiger partial charge in [0.25, 0.3) is 5.91 Å². The van der Waals surface area contributed by atoms with Crippen molar-refractivity contribution in [2.45, 2.75) is 65.8 Å². The van der Waals surface area contributed by atoms with Crippen LogP contribution in [0.2, 0.25) is 0 Å². The van der Waals surface area contributed by atoms with E-state index in [1.54, 1.807) is 6.92 Å². The molecular formula is C21H30N4O2. The average Bonchev–Trinajstić information content (AvgIpc) is 2.88. The maximum atomic E-state index is 12.5. The quantitative estimate of drug-likeness (QED) is 0.820. The average molecular weight is 370 g/mol. The van der Waals surface area contributed by atoms with Crippen LogP contribution in [-0.2, 0) is 24.4 Å². The molecule has 146 valence electrons. The van der Waals surface area contributed by atoms with E-state index in [-0.39, 0.29) is 5.91 Å². The van der Waals surface area contributed by atoms with E-state index in [0.29, 0.717) is 12.5 Å². The van der Waals surface area contributed by atoms with Crippen molar-refractivity contribution in [3.05, 3.63) is 46.8 Å². The minimum Gasteiger partial charge on any atom is -0.481 e. The molecule has 0 fully saturated rings. The van der Waals surface area contributed by atoms with Crippen LogP contribution in [0.3, 0.4) is 0 Å². The molecule has 6 nitrogen and oxygen atoms in total. The summed E-state index contributed by atoms with van der Waals surface area (Å²) in [6, 6.07) is 8.21. The number of aromatic nitrogens is 2. The zero-order valence-corrected chi connectivity index (χ0v) is 16.7. The largest absolute Gasteiger partial charge is 0.481 e. The van der Waals surface area contributed by atoms with Crippen molar-refractivity contribution in [2.75, 3.05) is 6.54 Å². The highest BCUT2D eigenvalue weighted by Gasteiger charge is 2.18. The molecule has 0 spiro atoms. The molecule has 0 saturated carbocycles. The summed E-state index contributed by atoms with van der Waals surface area (Å²) in [5.74, 6) is 0.991. The molecule has 1 atom stereocenters. The Balaban J connectivity index is 1.59. The summed E-state index contributed by atoms with van der Waals surface area (Å²) >= 11 is 0. The van der Waals surface area contributed by atoms with Crippen molar-refractivity contribution >= 4 is 5.91 Å². The fourth-order valence-corrected chi connectivity index (χ4v) is 3.29. The number of ether oxygens (including phenoxy) is 1. The first-order valence-corrected chi connectivity index (χ1v) is 9.75. The number of carbonyl (C=O) groups excluding carboxylic acids is 1. The van der Waals surface area contributed by atoms with Crippen LogP contribution >= 0.6 is 0 Å². The van der Waals surface area contributed by atoms with E-state index in [9.17, 15) is 4.79 Å². The number of nitrogens with one attached hydrogen (secondary N) is 2. The van der Waals surface area contributed by atoms with E-state index in [4.69, 9.17) is 4.74 Å². The topological polar surface area (TPSA) is 68.2 Å². The highest BCUT2D eigenvalue weighted by Crippen LogP contribution is 2.28. The summed E-state index contributed by atoms with van der Waals surface area (Å²) in [6.07, 6.45) is 0.506. The molecule has 2 aromatic rings. The van der Waals surface area contributed by atoms with Crippen LogP contribution in [0.1, 0.15) is 55.6 Å². The highest BCUT2D eigenvalue weighted by atomic mass is 16.5. The van der Waals surface area contributed by atoms with Crippen molar-refractivity contribution in [2.24, 2.45) is 0 Å². The molecular weight excluding hydrogens is 340 g/mol. The van der Waals surface area contributed by atoms with Gasteiger partial charge >= 0.3 is 0 Å². The van der Waals surface area contributed by atoms with Crippen LogP contribution in [-0.4, -0.2) is 28.3 Å². The molecule has 1 amide bonds. The maximum absolute atomic E-state index is 12.5. The molecule has 0 bridgehead atoms. The van der Waals surface area contributed by atoms with E-state index >= 15 is 0 Å². The number of carbonyl (C=O) groups is 1. The fraction of sp³-hybridized carbons (Fsp3) is 0.524. The summed E-state index contributed by atoms with van der Waals surface area (Å²) in [4.78, 5) is 12.5. The van der Waals surface area contributed by atoms with E-state index in [2.05, 4.69) is 47.8 Å². The van der Waals surface area contributed by atoms with Crippen molar-refractivity contribution in [3.63, 3.8) is 0 Å². The van der Waals surface area contributed by atoms with E-state index in [1.807, 2.05) is 17.7 Å². The SMILES string of the molecule is Cc1ccc(C(C)C)c(O[C@H](C)C(=O)NCc2cc3n(n2)CCCNC3)c1. The molecule has 1 aliphatic rings. The Kier molecular flexibility index (Phi) is 6.16. The Morgan fingerprint density at radius 2 is 2.15 bits per heavy atom. The van der Waals surface area contributed by atoms with Gasteiger partial charge in [-0.15, -0.1) is 0 Å². The molecule has 0 saturated heterocycles. The Bertz CT molecular complexity index is 774. The van der Waals surface area contributed by atoms with Crippen molar-refractivity contribution < 1.29 is 9.53 Å². The van der Waals surface area contributed by atoms with Gasteiger partial charge in [-0.1, -0.05) is 26.0 Å². The molecule has 27 heavy (non-hydrogen) atoms. The van der Waals surface area contributed by atoms with Gasteiger partial charge < -0.3 is 15.4 Å². The Morgan fingerprint density at radius 3 is 2.93 bits per heavy atom. The lowest BCUT2D eigenvalue weighted by atomic mass is 10.0. The van der Waals surface area contributed by atoms with Gasteiger partial charge in [0.2, 0.25) is 0 Å². The van der Waals surface area contributed by atoms with Crippen LogP contribution in [0.15, 0.2) is 24.3 Å². The van der Waals surface area contributed by atoms with Crippen LogP contribution < -0.4 is 15.4 Å². The first kappa shape index (κ1) is 19.4. The van der Waals surface area contributed by atoms with Gasteiger partial charge in [0, 0.05) is 13.1 Å². The first-order valence-electron chi connectivity index (χ1n) is 9.75. The van der Waals surface area contributed by atoms with Gasteiger partial charge in [-0.3, -0.25) is 9.48 Å².